The van der Waals surface area contributed by atoms with Gasteiger partial charge in [0.25, 0.3) is 0 Å². The summed E-state index contributed by atoms with van der Waals surface area (Å²) in [5.41, 5.74) is 12.7. The molecule has 0 amide bonds. The van der Waals surface area contributed by atoms with E-state index in [1.54, 1.807) is 5.20 Å². The third-order valence-corrected chi connectivity index (χ3v) is 14.0. The minimum absolute atomic E-state index is 0. The molecule has 6 rings (SSSR count). The van der Waals surface area contributed by atoms with Gasteiger partial charge in [-0.05, 0) is 25.5 Å². The molecule has 0 aromatic heterocycles. The molecule has 2 aliphatic rings. The Bertz CT molecular complexity index is 1780. The van der Waals surface area contributed by atoms with Crippen molar-refractivity contribution in [3.05, 3.63) is 151 Å². The summed E-state index contributed by atoms with van der Waals surface area (Å²) in [5.74, 6) is 0.553. The molecule has 1 atom stereocenters. The van der Waals surface area contributed by atoms with Gasteiger partial charge in [-0.2, -0.15) is 35.4 Å². The average Bonchev–Trinajstić information content (AvgIpc) is 3.57. The third-order valence-electron chi connectivity index (χ3n) is 8.84. The Morgan fingerprint density at radius 3 is 1.63 bits per heavy atom. The Balaban J connectivity index is 0.000000272. The number of fused-ring (bicyclic) bond motifs is 3. The molecule has 0 fully saturated rings. The molecule has 0 aliphatic heterocycles. The third kappa shape index (κ3) is 13.3. The van der Waals surface area contributed by atoms with Gasteiger partial charge in [-0.25, -0.2) is 10.8 Å². The van der Waals surface area contributed by atoms with Gasteiger partial charge in [0.05, 0.1) is 0 Å². The fraction of sp³-hybridized carbons (Fsp3) is 0.333. The molecule has 4 aromatic rings. The molecule has 4 aromatic carbocycles. The standard InChI is InChI=1S/C21H25.C10H17Si.2C7H5Cl.2ClH.Zr/c1-20(2,3)16-9-7-14-11-15-8-10-17(21(4,5)6)13-19(15)18(14)12-16;1-8-6-9(2)10(7-8)11(3,4)5;2*1-6-2-4-7(8)5-3-6;;;/h7,9-10,12-13H,11H2,1-6H3;7-8H,1-5H3;2*1-5H;2*1H;/q2*-1;;;;;. The number of hydrogen-bond acceptors (Lipinski definition) is 0. The molecular formula is C45H54Cl4SiZr-2. The van der Waals surface area contributed by atoms with E-state index in [4.69, 9.17) is 23.2 Å². The van der Waals surface area contributed by atoms with Crippen molar-refractivity contribution in [1.29, 1.82) is 0 Å². The van der Waals surface area contributed by atoms with Gasteiger partial charge in [-0.1, -0.05) is 116 Å². The molecule has 0 bridgehead atoms. The van der Waals surface area contributed by atoms with Crippen molar-refractivity contribution < 1.29 is 22.3 Å². The van der Waals surface area contributed by atoms with Crippen LogP contribution in [0.3, 0.4) is 0 Å². The predicted molar refractivity (Wildman–Crippen MR) is 232 cm³/mol. The number of allylic oxidation sites excluding steroid dienone is 4. The van der Waals surface area contributed by atoms with Gasteiger partial charge in [0.15, 0.2) is 0 Å². The van der Waals surface area contributed by atoms with E-state index in [1.807, 2.05) is 24.3 Å². The molecule has 2 aliphatic carbocycles. The zero-order valence-corrected chi connectivity index (χ0v) is 38.7. The van der Waals surface area contributed by atoms with Gasteiger partial charge in [0.1, 0.15) is 0 Å². The summed E-state index contributed by atoms with van der Waals surface area (Å²) in [6.07, 6.45) is 6.84. The molecule has 6 heteroatoms. The molecule has 272 valence electrons. The van der Waals surface area contributed by atoms with E-state index in [0.717, 1.165) is 16.5 Å². The van der Waals surface area contributed by atoms with Crippen molar-refractivity contribution >= 4 is 63.5 Å². The van der Waals surface area contributed by atoms with Crippen molar-refractivity contribution in [1.82, 2.24) is 0 Å². The molecule has 0 N–H and O–H groups in total. The summed E-state index contributed by atoms with van der Waals surface area (Å²) in [7, 11) is -1.07. The fourth-order valence-corrected chi connectivity index (χ4v) is 10.3. The molecule has 51 heavy (non-hydrogen) atoms. The zero-order chi connectivity index (χ0) is 36.1. The van der Waals surface area contributed by atoms with E-state index < -0.39 is 30.3 Å². The second kappa shape index (κ2) is 19.1. The topological polar surface area (TPSA) is 0 Å². The van der Waals surface area contributed by atoms with E-state index >= 15 is 0 Å². The Morgan fingerprint density at radius 1 is 0.725 bits per heavy atom. The van der Waals surface area contributed by atoms with Crippen LogP contribution in [0.5, 0.6) is 0 Å². The first-order valence-electron chi connectivity index (χ1n) is 17.3. The SMILES string of the molecule is CC(C)(C)c1c[c-]c2c(c1)-c1cc(C(C)(C)C)ccc1C2.CC1=[C-]C(C)C=C1[Si](C)(C)C.Cl.Cl.Clc1ccc([CH]=[Zr]=[CH]c2ccc(Cl)cc2)cc1. The van der Waals surface area contributed by atoms with Gasteiger partial charge in [-0.15, -0.1) is 30.4 Å². The predicted octanol–water partition coefficient (Wildman–Crippen LogP) is 13.8. The molecule has 0 radical (unpaired) electrons. The maximum atomic E-state index is 5.84. The Hall–Kier alpha value is -1.64. The van der Waals surface area contributed by atoms with E-state index in [2.05, 4.69) is 155 Å². The van der Waals surface area contributed by atoms with Gasteiger partial charge in [0, 0.05) is 0 Å². The van der Waals surface area contributed by atoms with Crippen LogP contribution in [0.4, 0.5) is 0 Å². The van der Waals surface area contributed by atoms with Crippen molar-refractivity contribution in [2.45, 2.75) is 92.3 Å². The zero-order valence-electron chi connectivity index (χ0n) is 32.1. The summed E-state index contributed by atoms with van der Waals surface area (Å²) in [5, 5.41) is 3.17. The molecule has 0 saturated heterocycles. The van der Waals surface area contributed by atoms with E-state index in [0.29, 0.717) is 5.92 Å². The van der Waals surface area contributed by atoms with Crippen molar-refractivity contribution in [3.63, 3.8) is 0 Å². The molecule has 0 saturated carbocycles. The van der Waals surface area contributed by atoms with Crippen molar-refractivity contribution in [2.75, 3.05) is 0 Å². The van der Waals surface area contributed by atoms with Crippen LogP contribution in [0.25, 0.3) is 11.1 Å². The van der Waals surface area contributed by atoms with Crippen molar-refractivity contribution in [2.24, 2.45) is 5.92 Å². The van der Waals surface area contributed by atoms with E-state index in [-0.39, 0.29) is 35.6 Å². The maximum absolute atomic E-state index is 5.84. The summed E-state index contributed by atoms with van der Waals surface area (Å²) in [4.78, 5) is 0. The van der Waals surface area contributed by atoms with Crippen LogP contribution in [0.1, 0.15) is 88.8 Å². The molecule has 0 nitrogen and oxygen atoms in total. The van der Waals surface area contributed by atoms with E-state index in [1.165, 1.54) is 50.1 Å². The molecular weight excluding hydrogens is 802 g/mol. The minimum atomic E-state index is -1.07. The van der Waals surface area contributed by atoms with Crippen LogP contribution >= 0.6 is 48.0 Å². The van der Waals surface area contributed by atoms with Crippen LogP contribution in [-0.4, -0.2) is 15.5 Å². The fourth-order valence-electron chi connectivity index (χ4n) is 5.99. The second-order valence-electron chi connectivity index (χ2n) is 16.3. The monoisotopic (exact) mass is 852 g/mol. The van der Waals surface area contributed by atoms with Gasteiger partial charge >= 0.3 is 123 Å². The first-order valence-corrected chi connectivity index (χ1v) is 24.4. The van der Waals surface area contributed by atoms with Crippen molar-refractivity contribution in [3.8, 4) is 11.1 Å². The summed E-state index contributed by atoms with van der Waals surface area (Å²) in [6.45, 7) is 25.2. The molecule has 1 unspecified atom stereocenters. The Labute approximate surface area is 343 Å². The quantitative estimate of drug-likeness (QED) is 0.125. The Morgan fingerprint density at radius 2 is 1.22 bits per heavy atom. The normalized spacial score (nSPS) is 14.3. The molecule has 0 spiro atoms. The first-order chi connectivity index (χ1) is 22.8. The summed E-state index contributed by atoms with van der Waals surface area (Å²) >= 11 is 11.0. The second-order valence-corrected chi connectivity index (χ2v) is 24.4. The number of benzene rings is 4. The van der Waals surface area contributed by atoms with Gasteiger partial charge < -0.3 is 0 Å². The van der Waals surface area contributed by atoms with Crippen LogP contribution in [0.15, 0.2) is 95.7 Å². The van der Waals surface area contributed by atoms with E-state index in [9.17, 15) is 0 Å². The van der Waals surface area contributed by atoms with Crippen LogP contribution in [0.2, 0.25) is 29.7 Å². The number of halogens is 4. The van der Waals surface area contributed by atoms with Gasteiger partial charge in [-0.3, -0.25) is 6.08 Å². The first kappa shape index (κ1) is 45.5. The van der Waals surface area contributed by atoms with Crippen LogP contribution in [-0.2, 0) is 39.5 Å². The van der Waals surface area contributed by atoms with Crippen LogP contribution < -0.4 is 0 Å². The number of hydrogen-bond donors (Lipinski definition) is 0. The summed E-state index contributed by atoms with van der Waals surface area (Å²) < 4.78 is 4.66. The molecule has 0 heterocycles. The van der Waals surface area contributed by atoms with Crippen LogP contribution in [0, 0.1) is 18.1 Å². The summed E-state index contributed by atoms with van der Waals surface area (Å²) in [6, 6.07) is 31.0. The Kier molecular flexibility index (Phi) is 17.0. The number of rotatable bonds is 3. The average molecular weight is 856 g/mol. The van der Waals surface area contributed by atoms with Gasteiger partial charge in [0.2, 0.25) is 0 Å².